The molecule has 0 saturated heterocycles. The summed E-state index contributed by atoms with van der Waals surface area (Å²) in [6.07, 6.45) is 0. The number of carboxylic acid groups (broad SMARTS) is 1. The molecule has 1 N–H and O–H groups in total. The van der Waals surface area contributed by atoms with Crippen LogP contribution in [0.5, 0.6) is 0 Å². The van der Waals surface area contributed by atoms with Crippen LogP contribution < -0.4 is 0 Å². The van der Waals surface area contributed by atoms with Crippen LogP contribution in [-0.4, -0.2) is 33.0 Å². The van der Waals surface area contributed by atoms with E-state index in [-0.39, 0.29) is 27.5 Å². The first-order valence-corrected chi connectivity index (χ1v) is 1.53. The summed E-state index contributed by atoms with van der Waals surface area (Å²) in [6, 6.07) is 0. The molecular formula is C4H14O2Si2. The van der Waals surface area contributed by atoms with Gasteiger partial charge in [-0.2, -0.15) is 0 Å². The largest absolute Gasteiger partial charge is 0.478 e. The van der Waals surface area contributed by atoms with Gasteiger partial charge in [-0.15, -0.1) is 0 Å². The van der Waals surface area contributed by atoms with Gasteiger partial charge in [-0.05, 0) is 28.9 Å². The van der Waals surface area contributed by atoms with E-state index in [9.17, 15) is 4.79 Å². The summed E-state index contributed by atoms with van der Waals surface area (Å²) in [5.74, 6) is -0.935. The maximum Gasteiger partial charge on any atom is 0.330 e. The minimum atomic E-state index is -0.935. The van der Waals surface area contributed by atoms with Crippen LogP contribution in [0.25, 0.3) is 0 Å². The van der Waals surface area contributed by atoms with E-state index in [4.69, 9.17) is 5.11 Å². The third kappa shape index (κ3) is 9.17. The molecule has 0 aromatic heterocycles. The van der Waals surface area contributed by atoms with Crippen molar-refractivity contribution in [3.05, 3.63) is 12.2 Å². The van der Waals surface area contributed by atoms with Gasteiger partial charge in [0.25, 0.3) is 0 Å². The standard InChI is InChI=1S/C4H6O2.2H4Si/c1-3(2)4(5)6;;/h1H2,2H3,(H,5,6);2*1H4. The summed E-state index contributed by atoms with van der Waals surface area (Å²) in [4.78, 5) is 9.60. The van der Waals surface area contributed by atoms with Gasteiger partial charge >= 0.3 is 5.97 Å². The van der Waals surface area contributed by atoms with Gasteiger partial charge < -0.3 is 5.11 Å². The molecule has 0 amide bonds. The van der Waals surface area contributed by atoms with Crippen molar-refractivity contribution in [3.63, 3.8) is 0 Å². The number of carboxylic acids is 1. The number of rotatable bonds is 1. The van der Waals surface area contributed by atoms with Crippen molar-refractivity contribution in [2.24, 2.45) is 0 Å². The summed E-state index contributed by atoms with van der Waals surface area (Å²) >= 11 is 0. The van der Waals surface area contributed by atoms with E-state index in [1.54, 1.807) is 0 Å². The minimum Gasteiger partial charge on any atom is -0.478 e. The first kappa shape index (κ1) is 15.6. The molecule has 0 saturated carbocycles. The van der Waals surface area contributed by atoms with Crippen LogP contribution in [0.2, 0.25) is 0 Å². The van der Waals surface area contributed by atoms with Crippen molar-refractivity contribution in [2.75, 3.05) is 0 Å². The molecule has 0 unspecified atom stereocenters. The van der Waals surface area contributed by atoms with Crippen LogP contribution in [0, 0.1) is 0 Å². The van der Waals surface area contributed by atoms with Gasteiger partial charge in [0.05, 0.1) is 0 Å². The second-order valence-electron chi connectivity index (χ2n) is 1.09. The van der Waals surface area contributed by atoms with Gasteiger partial charge in [0.2, 0.25) is 0 Å². The molecule has 0 heterocycles. The Morgan fingerprint density at radius 2 is 1.62 bits per heavy atom. The Balaban J connectivity index is -0.000000125. The Labute approximate surface area is 57.6 Å². The molecule has 0 radical (unpaired) electrons. The Bertz CT molecular complexity index is 78.0. The van der Waals surface area contributed by atoms with Crippen molar-refractivity contribution in [2.45, 2.75) is 6.92 Å². The van der Waals surface area contributed by atoms with E-state index in [1.165, 1.54) is 6.92 Å². The summed E-state index contributed by atoms with van der Waals surface area (Å²) in [5, 5.41) is 7.89. The van der Waals surface area contributed by atoms with Crippen LogP contribution in [0.3, 0.4) is 0 Å². The number of carbonyl (C=O) groups is 1. The molecule has 0 spiro atoms. The lowest BCUT2D eigenvalue weighted by Gasteiger charge is -1.79. The highest BCUT2D eigenvalue weighted by molar-refractivity contribution is 5.84. The number of aliphatic carboxylic acids is 1. The zero-order valence-electron chi connectivity index (χ0n) is 3.56. The quantitative estimate of drug-likeness (QED) is 0.338. The zero-order chi connectivity index (χ0) is 5.15. The van der Waals surface area contributed by atoms with Gasteiger partial charge in [-0.3, -0.25) is 0 Å². The lowest BCUT2D eigenvalue weighted by Crippen LogP contribution is -1.92. The highest BCUT2D eigenvalue weighted by Gasteiger charge is 1.90. The normalized spacial score (nSPS) is 5.62. The molecule has 0 aromatic carbocycles. The second-order valence-corrected chi connectivity index (χ2v) is 1.09. The highest BCUT2D eigenvalue weighted by Crippen LogP contribution is 1.81. The predicted molar refractivity (Wildman–Crippen MR) is 45.1 cm³/mol. The van der Waals surface area contributed by atoms with Crippen molar-refractivity contribution < 1.29 is 9.90 Å². The van der Waals surface area contributed by atoms with Crippen molar-refractivity contribution in [3.8, 4) is 0 Å². The van der Waals surface area contributed by atoms with Crippen molar-refractivity contribution in [1.29, 1.82) is 0 Å². The lowest BCUT2D eigenvalue weighted by atomic mass is 10.4. The van der Waals surface area contributed by atoms with Gasteiger partial charge in [0.15, 0.2) is 0 Å². The number of hydrogen-bond acceptors (Lipinski definition) is 1. The van der Waals surface area contributed by atoms with E-state index in [0.717, 1.165) is 0 Å². The highest BCUT2D eigenvalue weighted by atomic mass is 28.1. The summed E-state index contributed by atoms with van der Waals surface area (Å²) in [5.41, 5.74) is 0.176. The second kappa shape index (κ2) is 6.64. The summed E-state index contributed by atoms with van der Waals surface area (Å²) < 4.78 is 0. The van der Waals surface area contributed by atoms with Crippen LogP contribution in [0.1, 0.15) is 6.92 Å². The maximum atomic E-state index is 9.60. The van der Waals surface area contributed by atoms with Crippen molar-refractivity contribution >= 4 is 27.9 Å². The fraction of sp³-hybridized carbons (Fsp3) is 0.250. The molecule has 0 aliphatic carbocycles. The van der Waals surface area contributed by atoms with E-state index in [0.29, 0.717) is 0 Å². The average Bonchev–Trinajstić information content (AvgIpc) is 1.36. The third-order valence-corrected chi connectivity index (χ3v) is 0.365. The van der Waals surface area contributed by atoms with Crippen LogP contribution in [0.4, 0.5) is 0 Å². The molecule has 0 aromatic rings. The summed E-state index contributed by atoms with van der Waals surface area (Å²) in [7, 11) is 0. The van der Waals surface area contributed by atoms with E-state index < -0.39 is 5.97 Å². The molecule has 0 bridgehead atoms. The predicted octanol–water partition coefficient (Wildman–Crippen LogP) is -2.26. The van der Waals surface area contributed by atoms with E-state index in [1.807, 2.05) is 0 Å². The van der Waals surface area contributed by atoms with Crippen LogP contribution in [-0.2, 0) is 4.79 Å². The Morgan fingerprint density at radius 1 is 1.50 bits per heavy atom. The molecule has 50 valence electrons. The van der Waals surface area contributed by atoms with Crippen molar-refractivity contribution in [1.82, 2.24) is 0 Å². The van der Waals surface area contributed by atoms with Gasteiger partial charge in [0.1, 0.15) is 0 Å². The molecule has 0 atom stereocenters. The molecule has 0 fully saturated rings. The lowest BCUT2D eigenvalue weighted by molar-refractivity contribution is -0.132. The first-order chi connectivity index (χ1) is 2.64. The topological polar surface area (TPSA) is 37.3 Å². The zero-order valence-corrected chi connectivity index (χ0v) is 3.56. The van der Waals surface area contributed by atoms with E-state index >= 15 is 0 Å². The molecule has 2 nitrogen and oxygen atoms in total. The molecular weight excluding hydrogens is 136 g/mol. The Morgan fingerprint density at radius 3 is 1.62 bits per heavy atom. The molecule has 0 aliphatic heterocycles. The van der Waals surface area contributed by atoms with Gasteiger partial charge in [-0.1, -0.05) is 6.58 Å². The average molecular weight is 150 g/mol. The van der Waals surface area contributed by atoms with Gasteiger partial charge in [0, 0.05) is 5.57 Å². The fourth-order valence-corrected chi connectivity index (χ4v) is 0. The van der Waals surface area contributed by atoms with Crippen LogP contribution in [0.15, 0.2) is 12.2 Å². The monoisotopic (exact) mass is 150 g/mol. The van der Waals surface area contributed by atoms with Crippen LogP contribution >= 0.6 is 0 Å². The smallest absolute Gasteiger partial charge is 0.330 e. The molecule has 0 rings (SSSR count). The minimum absolute atomic E-state index is 0. The van der Waals surface area contributed by atoms with E-state index in [2.05, 4.69) is 6.58 Å². The molecule has 0 aliphatic rings. The Kier molecular flexibility index (Phi) is 13.0. The SMILES string of the molecule is C=C(C)C(=O)O.[SiH4].[SiH4]. The maximum absolute atomic E-state index is 9.60. The molecule has 8 heavy (non-hydrogen) atoms. The third-order valence-electron chi connectivity index (χ3n) is 0.365. The van der Waals surface area contributed by atoms with Gasteiger partial charge in [-0.25, -0.2) is 4.79 Å². The Hall–Kier alpha value is -0.356. The summed E-state index contributed by atoms with van der Waals surface area (Å²) in [6.45, 7) is 4.60. The number of hydrogen-bond donors (Lipinski definition) is 1. The first-order valence-electron chi connectivity index (χ1n) is 1.53. The fourth-order valence-electron chi connectivity index (χ4n) is 0. The molecule has 4 heteroatoms.